The number of aryl methyl sites for hydroxylation is 2. The first kappa shape index (κ1) is 27.6. The van der Waals surface area contributed by atoms with Gasteiger partial charge in [0, 0.05) is 57.2 Å². The summed E-state index contributed by atoms with van der Waals surface area (Å²) < 4.78 is 0. The van der Waals surface area contributed by atoms with Crippen LogP contribution >= 0.6 is 0 Å². The molecule has 2 aliphatic heterocycles. The summed E-state index contributed by atoms with van der Waals surface area (Å²) in [7, 11) is 0. The number of rotatable bonds is 6. The van der Waals surface area contributed by atoms with Crippen molar-refractivity contribution in [1.29, 1.82) is 0 Å². The van der Waals surface area contributed by atoms with Gasteiger partial charge in [-0.15, -0.1) is 0 Å². The number of carbonyl (C=O) groups excluding carboxylic acids is 2. The lowest BCUT2D eigenvalue weighted by molar-refractivity contribution is -0.137. The SMILES string of the molecule is C=Cc1c(C)c2cc3nc(c4c5[nH]c(cc6nc(cc1[nH]2)C(C)=C6CC)c(C)c5C(=O)C4C=O)[C@@H](CCC(=O)O)C3C. The van der Waals surface area contributed by atoms with Crippen molar-refractivity contribution < 1.29 is 19.5 Å². The van der Waals surface area contributed by atoms with Gasteiger partial charge in [-0.2, -0.15) is 0 Å². The number of hydrogen-bond acceptors (Lipinski definition) is 5. The van der Waals surface area contributed by atoms with Crippen molar-refractivity contribution in [3.05, 3.63) is 75.4 Å². The number of nitrogens with zero attached hydrogens (tertiary/aromatic N) is 2. The molecule has 6 rings (SSSR count). The van der Waals surface area contributed by atoms with E-state index in [1.54, 1.807) is 0 Å². The number of aldehydes is 1. The molecule has 2 unspecified atom stereocenters. The lowest BCUT2D eigenvalue weighted by Gasteiger charge is -2.17. The second-order valence-electron chi connectivity index (χ2n) is 11.5. The zero-order valence-electron chi connectivity index (χ0n) is 24.5. The van der Waals surface area contributed by atoms with Crippen LogP contribution in [-0.4, -0.2) is 43.1 Å². The van der Waals surface area contributed by atoms with Gasteiger partial charge >= 0.3 is 5.97 Å². The minimum atomic E-state index is -0.992. The van der Waals surface area contributed by atoms with Crippen LogP contribution in [0, 0.1) is 13.8 Å². The average molecular weight is 563 g/mol. The van der Waals surface area contributed by atoms with Gasteiger partial charge in [-0.3, -0.25) is 14.6 Å². The third-order valence-electron chi connectivity index (χ3n) is 9.32. The van der Waals surface area contributed by atoms with Crippen molar-refractivity contribution in [3.63, 3.8) is 0 Å². The van der Waals surface area contributed by atoms with E-state index in [9.17, 15) is 19.5 Å². The summed E-state index contributed by atoms with van der Waals surface area (Å²) in [5, 5.41) is 9.53. The number of allylic oxidation sites excluding steroid dienone is 2. The summed E-state index contributed by atoms with van der Waals surface area (Å²) in [5.74, 6) is -2.56. The van der Waals surface area contributed by atoms with Gasteiger partial charge in [0.2, 0.25) is 0 Å². The topological polar surface area (TPSA) is 129 Å². The Balaban J connectivity index is 1.81. The van der Waals surface area contributed by atoms with Crippen molar-refractivity contribution >= 4 is 57.3 Å². The van der Waals surface area contributed by atoms with Crippen LogP contribution in [0.15, 0.2) is 24.8 Å². The molecule has 0 fully saturated rings. The molecule has 0 aromatic carbocycles. The Labute approximate surface area is 243 Å². The molecule has 0 saturated heterocycles. The molecule has 5 heterocycles. The molecular weight excluding hydrogens is 528 g/mol. The molecule has 3 N–H and O–H groups in total. The molecule has 42 heavy (non-hydrogen) atoms. The number of aromatic nitrogens is 4. The summed E-state index contributed by atoms with van der Waals surface area (Å²) in [5.41, 5.74) is 12.2. The highest BCUT2D eigenvalue weighted by molar-refractivity contribution is 6.21. The maximum absolute atomic E-state index is 13.7. The van der Waals surface area contributed by atoms with Gasteiger partial charge in [-0.05, 0) is 74.1 Å². The van der Waals surface area contributed by atoms with Gasteiger partial charge in [0.15, 0.2) is 5.78 Å². The van der Waals surface area contributed by atoms with E-state index < -0.39 is 11.9 Å². The Morgan fingerprint density at radius 3 is 2.43 bits per heavy atom. The van der Waals surface area contributed by atoms with Crippen LogP contribution in [0.4, 0.5) is 0 Å². The molecule has 1 aliphatic carbocycles. The molecule has 3 aliphatic rings. The van der Waals surface area contributed by atoms with E-state index in [0.29, 0.717) is 35.0 Å². The minimum absolute atomic E-state index is 0.0465. The highest BCUT2D eigenvalue weighted by Crippen LogP contribution is 2.47. The number of Topliss-reactive ketones (excluding diaryl/α,β-unsaturated/α-hetero) is 1. The highest BCUT2D eigenvalue weighted by Gasteiger charge is 2.41. The zero-order valence-corrected chi connectivity index (χ0v) is 24.5. The Morgan fingerprint density at radius 2 is 1.76 bits per heavy atom. The maximum Gasteiger partial charge on any atom is 0.303 e. The first-order chi connectivity index (χ1) is 20.1. The highest BCUT2D eigenvalue weighted by atomic mass is 16.4. The van der Waals surface area contributed by atoms with Crippen LogP contribution in [0.1, 0.15) is 113 Å². The predicted molar refractivity (Wildman–Crippen MR) is 165 cm³/mol. The quantitative estimate of drug-likeness (QED) is 0.216. The van der Waals surface area contributed by atoms with Gasteiger partial charge in [0.1, 0.15) is 12.2 Å². The smallest absolute Gasteiger partial charge is 0.303 e. The molecule has 3 aromatic rings. The molecule has 8 nitrogen and oxygen atoms in total. The number of carbonyl (C=O) groups is 3. The number of carboxylic acids is 1. The van der Waals surface area contributed by atoms with Crippen molar-refractivity contribution in [2.45, 2.75) is 71.6 Å². The van der Waals surface area contributed by atoms with Crippen LogP contribution < -0.4 is 0 Å². The largest absolute Gasteiger partial charge is 0.481 e. The van der Waals surface area contributed by atoms with E-state index in [4.69, 9.17) is 9.97 Å². The van der Waals surface area contributed by atoms with Gasteiger partial charge in [0.25, 0.3) is 0 Å². The maximum atomic E-state index is 13.7. The van der Waals surface area contributed by atoms with E-state index in [0.717, 1.165) is 67.9 Å². The second-order valence-corrected chi connectivity index (χ2v) is 11.5. The number of carboxylic acid groups (broad SMARTS) is 1. The number of ketones is 1. The van der Waals surface area contributed by atoms with Crippen molar-refractivity contribution in [3.8, 4) is 0 Å². The number of aromatic amines is 2. The summed E-state index contributed by atoms with van der Waals surface area (Å²) in [6, 6.07) is 6.03. The molecule has 8 bridgehead atoms. The Bertz CT molecular complexity index is 1920. The van der Waals surface area contributed by atoms with E-state index in [-0.39, 0.29) is 24.0 Å². The Morgan fingerprint density at radius 1 is 1.05 bits per heavy atom. The summed E-state index contributed by atoms with van der Waals surface area (Å²) in [6.07, 6.45) is 3.60. The number of nitrogens with one attached hydrogen (secondary N) is 2. The van der Waals surface area contributed by atoms with Gasteiger partial charge in [-0.1, -0.05) is 26.5 Å². The number of hydrogen-bond donors (Lipinski definition) is 3. The van der Waals surface area contributed by atoms with E-state index >= 15 is 0 Å². The molecule has 3 atom stereocenters. The molecule has 0 saturated carbocycles. The lowest BCUT2D eigenvalue weighted by Crippen LogP contribution is -2.13. The molecular formula is C34H34N4O4. The summed E-state index contributed by atoms with van der Waals surface area (Å²) in [4.78, 5) is 54.8. The Kier molecular flexibility index (Phi) is 6.60. The standard InChI is InChI=1S/C34H34N4O4/c1-7-19-15(3)23-11-25-17(5)21(9-10-29(40)41)32(37-25)31-22(14-39)34(42)30-18(6)26(38-33(30)31)13-28-20(8-2)16(4)24(36-28)12-27(19)35-23/h7,11-14,17,21-22,35,38H,1,8-10H2,2-6H3,(H,40,41)/t17?,21-,22?/m0/s1. The van der Waals surface area contributed by atoms with Crippen LogP contribution in [-0.2, 0) is 9.59 Å². The van der Waals surface area contributed by atoms with Crippen molar-refractivity contribution in [2.75, 3.05) is 0 Å². The third kappa shape index (κ3) is 4.00. The van der Waals surface area contributed by atoms with Gasteiger partial charge in [0.05, 0.1) is 22.6 Å². The first-order valence-corrected chi connectivity index (χ1v) is 14.4. The molecule has 0 amide bonds. The van der Waals surface area contributed by atoms with Crippen LogP contribution in [0.5, 0.6) is 0 Å². The minimum Gasteiger partial charge on any atom is -0.481 e. The van der Waals surface area contributed by atoms with E-state index in [1.165, 1.54) is 0 Å². The van der Waals surface area contributed by atoms with Crippen molar-refractivity contribution in [1.82, 2.24) is 19.9 Å². The first-order valence-electron chi connectivity index (χ1n) is 14.4. The number of aliphatic carboxylic acids is 1. The molecule has 0 radical (unpaired) electrons. The summed E-state index contributed by atoms with van der Waals surface area (Å²) >= 11 is 0. The Hall–Kier alpha value is -4.59. The van der Waals surface area contributed by atoms with Gasteiger partial charge < -0.3 is 19.9 Å². The zero-order chi connectivity index (χ0) is 30.0. The third-order valence-corrected chi connectivity index (χ3v) is 9.32. The molecule has 8 heteroatoms. The fourth-order valence-electron chi connectivity index (χ4n) is 6.91. The predicted octanol–water partition coefficient (Wildman–Crippen LogP) is 7.15. The normalized spacial score (nSPS) is 19.5. The number of H-pyrrole nitrogens is 2. The monoisotopic (exact) mass is 562 g/mol. The molecule has 3 aromatic heterocycles. The molecule has 0 spiro atoms. The molecule has 214 valence electrons. The summed E-state index contributed by atoms with van der Waals surface area (Å²) in [6.45, 7) is 14.2. The van der Waals surface area contributed by atoms with Crippen LogP contribution in [0.25, 0.3) is 39.3 Å². The van der Waals surface area contributed by atoms with Crippen LogP contribution in [0.2, 0.25) is 0 Å². The van der Waals surface area contributed by atoms with Crippen molar-refractivity contribution in [2.24, 2.45) is 0 Å². The van der Waals surface area contributed by atoms with E-state index in [2.05, 4.69) is 36.5 Å². The fourth-order valence-corrected chi connectivity index (χ4v) is 6.91. The van der Waals surface area contributed by atoms with Gasteiger partial charge in [-0.25, -0.2) is 4.98 Å². The average Bonchev–Trinajstić information content (AvgIpc) is 3.68. The van der Waals surface area contributed by atoms with Crippen LogP contribution in [0.3, 0.4) is 0 Å². The van der Waals surface area contributed by atoms with E-state index in [1.807, 2.05) is 39.0 Å². The fraction of sp³-hybridized carbons (Fsp3) is 0.324. The lowest BCUT2D eigenvalue weighted by atomic mass is 9.84. The number of fused-ring (bicyclic) bond motifs is 8. The second kappa shape index (κ2) is 10.0.